The van der Waals surface area contributed by atoms with Crippen LogP contribution in [0.2, 0.25) is 0 Å². The van der Waals surface area contributed by atoms with Crippen LogP contribution in [0.5, 0.6) is 0 Å². The van der Waals surface area contributed by atoms with Gasteiger partial charge in [-0.1, -0.05) is 37.0 Å². The smallest absolute Gasteiger partial charge is 0.305 e. The summed E-state index contributed by atoms with van der Waals surface area (Å²) >= 11 is 0. The first-order chi connectivity index (χ1) is 11.6. The highest BCUT2D eigenvalue weighted by molar-refractivity contribution is 5.94. The van der Waals surface area contributed by atoms with Crippen LogP contribution in [0.4, 0.5) is 0 Å². The Kier molecular flexibility index (Phi) is 6.16. The Morgan fingerprint density at radius 2 is 1.58 bits per heavy atom. The van der Waals surface area contributed by atoms with Gasteiger partial charge in [-0.3, -0.25) is 9.59 Å². The molecule has 0 fully saturated rings. The third kappa shape index (κ3) is 5.29. The quantitative estimate of drug-likeness (QED) is 0.832. The molecule has 0 radical (unpaired) electrons. The minimum atomic E-state index is -0.923. The lowest BCUT2D eigenvalue weighted by molar-refractivity contribution is -0.137. The molecule has 0 aliphatic heterocycles. The molecule has 4 nitrogen and oxygen atoms in total. The van der Waals surface area contributed by atoms with Crippen LogP contribution >= 0.6 is 0 Å². The van der Waals surface area contributed by atoms with E-state index < -0.39 is 5.97 Å². The number of carboxylic acids is 1. The number of hydrogen-bond donors (Lipinski definition) is 2. The van der Waals surface area contributed by atoms with Gasteiger partial charge in [-0.15, -0.1) is 0 Å². The second kappa shape index (κ2) is 8.54. The second-order valence-electron chi connectivity index (χ2n) is 5.37. The SMILES string of the molecule is CC[C@@H](CC(=O)O)NC(=O)c1ccc(C#Cc2ccccc2)cc1. The van der Waals surface area contributed by atoms with Crippen molar-refractivity contribution >= 4 is 11.9 Å². The van der Waals surface area contributed by atoms with Crippen molar-refractivity contribution in [3.05, 3.63) is 71.3 Å². The molecule has 1 atom stereocenters. The monoisotopic (exact) mass is 321 g/mol. The van der Waals surface area contributed by atoms with E-state index in [1.807, 2.05) is 37.3 Å². The van der Waals surface area contributed by atoms with Crippen molar-refractivity contribution in [3.8, 4) is 11.8 Å². The molecule has 0 spiro atoms. The van der Waals surface area contributed by atoms with Gasteiger partial charge in [-0.2, -0.15) is 0 Å². The highest BCUT2D eigenvalue weighted by Gasteiger charge is 2.14. The maximum Gasteiger partial charge on any atom is 0.305 e. The van der Waals surface area contributed by atoms with Gasteiger partial charge in [0.05, 0.1) is 6.42 Å². The molecule has 122 valence electrons. The fourth-order valence-corrected chi connectivity index (χ4v) is 2.15. The van der Waals surface area contributed by atoms with Crippen LogP contribution in [0.25, 0.3) is 0 Å². The molecule has 2 aromatic carbocycles. The number of carbonyl (C=O) groups excluding carboxylic acids is 1. The third-order valence-corrected chi connectivity index (χ3v) is 3.52. The molecule has 0 aliphatic carbocycles. The number of carbonyl (C=O) groups is 2. The van der Waals surface area contributed by atoms with Crippen LogP contribution in [-0.2, 0) is 4.79 Å². The van der Waals surface area contributed by atoms with E-state index in [0.29, 0.717) is 12.0 Å². The molecule has 0 saturated carbocycles. The average Bonchev–Trinajstić information content (AvgIpc) is 2.60. The molecule has 0 aromatic heterocycles. The van der Waals surface area contributed by atoms with Gasteiger partial charge in [0.25, 0.3) is 5.91 Å². The van der Waals surface area contributed by atoms with E-state index in [1.165, 1.54) is 0 Å². The van der Waals surface area contributed by atoms with Gasteiger partial charge in [0.2, 0.25) is 0 Å². The van der Waals surface area contributed by atoms with Gasteiger partial charge in [-0.05, 0) is 42.8 Å². The van der Waals surface area contributed by atoms with E-state index in [1.54, 1.807) is 24.3 Å². The Balaban J connectivity index is 2.02. The zero-order chi connectivity index (χ0) is 17.4. The zero-order valence-corrected chi connectivity index (χ0v) is 13.5. The Morgan fingerprint density at radius 1 is 1.00 bits per heavy atom. The second-order valence-corrected chi connectivity index (χ2v) is 5.37. The molecule has 2 N–H and O–H groups in total. The lowest BCUT2D eigenvalue weighted by Gasteiger charge is -2.14. The molecule has 0 saturated heterocycles. The molecule has 4 heteroatoms. The molecular formula is C20H19NO3. The molecule has 1 amide bonds. The van der Waals surface area contributed by atoms with E-state index >= 15 is 0 Å². The fraction of sp³-hybridized carbons (Fsp3) is 0.200. The predicted molar refractivity (Wildman–Crippen MR) is 92.7 cm³/mol. The summed E-state index contributed by atoms with van der Waals surface area (Å²) < 4.78 is 0. The third-order valence-electron chi connectivity index (χ3n) is 3.52. The van der Waals surface area contributed by atoms with Gasteiger partial charge in [0, 0.05) is 22.7 Å². The molecule has 0 aliphatic rings. The Labute approximate surface area is 141 Å². The highest BCUT2D eigenvalue weighted by atomic mass is 16.4. The van der Waals surface area contributed by atoms with Crippen LogP contribution in [0.1, 0.15) is 41.3 Å². The molecular weight excluding hydrogens is 302 g/mol. The summed E-state index contributed by atoms with van der Waals surface area (Å²) in [6.07, 6.45) is 0.488. The van der Waals surface area contributed by atoms with Gasteiger partial charge in [0.1, 0.15) is 0 Å². The Hall–Kier alpha value is -3.06. The van der Waals surface area contributed by atoms with Crippen LogP contribution in [0, 0.1) is 11.8 Å². The van der Waals surface area contributed by atoms with Crippen LogP contribution < -0.4 is 5.32 Å². The molecule has 2 aromatic rings. The normalized spacial score (nSPS) is 11.0. The number of carboxylic acid groups (broad SMARTS) is 1. The number of nitrogens with one attached hydrogen (secondary N) is 1. The van der Waals surface area contributed by atoms with E-state index in [2.05, 4.69) is 17.2 Å². The summed E-state index contributed by atoms with van der Waals surface area (Å²) in [5.41, 5.74) is 2.23. The predicted octanol–water partition coefficient (Wildman–Crippen LogP) is 3.07. The lowest BCUT2D eigenvalue weighted by Crippen LogP contribution is -2.36. The van der Waals surface area contributed by atoms with Gasteiger partial charge >= 0.3 is 5.97 Å². The maximum atomic E-state index is 12.1. The Bertz CT molecular complexity index is 755. The first-order valence-electron chi connectivity index (χ1n) is 7.78. The summed E-state index contributed by atoms with van der Waals surface area (Å²) in [7, 11) is 0. The summed E-state index contributed by atoms with van der Waals surface area (Å²) in [6, 6.07) is 16.2. The first-order valence-corrected chi connectivity index (χ1v) is 7.78. The van der Waals surface area contributed by atoms with E-state index in [4.69, 9.17) is 5.11 Å². The van der Waals surface area contributed by atoms with Crippen molar-refractivity contribution in [2.45, 2.75) is 25.8 Å². The molecule has 2 rings (SSSR count). The molecule has 0 bridgehead atoms. The molecule has 24 heavy (non-hydrogen) atoms. The standard InChI is InChI=1S/C20H19NO3/c1-2-18(14-19(22)23)21-20(24)17-12-10-16(11-13-17)9-8-15-6-4-3-5-7-15/h3-7,10-13,18H,2,14H2,1H3,(H,21,24)(H,22,23)/t18-/m0/s1. The van der Waals surface area contributed by atoms with Gasteiger partial charge in [-0.25, -0.2) is 0 Å². The summed E-state index contributed by atoms with van der Waals surface area (Å²) in [6.45, 7) is 1.84. The van der Waals surface area contributed by atoms with E-state index in [0.717, 1.165) is 11.1 Å². The maximum absolute atomic E-state index is 12.1. The van der Waals surface area contributed by atoms with Crippen molar-refractivity contribution in [3.63, 3.8) is 0 Å². The molecule has 0 heterocycles. The largest absolute Gasteiger partial charge is 0.481 e. The van der Waals surface area contributed by atoms with Crippen LogP contribution in [0.3, 0.4) is 0 Å². The van der Waals surface area contributed by atoms with E-state index in [9.17, 15) is 9.59 Å². The first kappa shape index (κ1) is 17.3. The minimum absolute atomic E-state index is 0.0805. The van der Waals surface area contributed by atoms with Crippen molar-refractivity contribution in [2.24, 2.45) is 0 Å². The van der Waals surface area contributed by atoms with Crippen molar-refractivity contribution < 1.29 is 14.7 Å². The topological polar surface area (TPSA) is 66.4 Å². The number of rotatable bonds is 5. The number of amides is 1. The van der Waals surface area contributed by atoms with Crippen molar-refractivity contribution in [1.82, 2.24) is 5.32 Å². The summed E-state index contributed by atoms with van der Waals surface area (Å²) in [4.78, 5) is 22.9. The average molecular weight is 321 g/mol. The highest BCUT2D eigenvalue weighted by Crippen LogP contribution is 2.06. The van der Waals surface area contributed by atoms with Crippen LogP contribution in [0.15, 0.2) is 54.6 Å². The number of benzene rings is 2. The number of hydrogen-bond acceptors (Lipinski definition) is 2. The van der Waals surface area contributed by atoms with Crippen LogP contribution in [-0.4, -0.2) is 23.0 Å². The zero-order valence-electron chi connectivity index (χ0n) is 13.5. The molecule has 0 unspecified atom stereocenters. The van der Waals surface area contributed by atoms with E-state index in [-0.39, 0.29) is 18.4 Å². The van der Waals surface area contributed by atoms with Crippen molar-refractivity contribution in [2.75, 3.05) is 0 Å². The Morgan fingerprint density at radius 3 is 2.12 bits per heavy atom. The lowest BCUT2D eigenvalue weighted by atomic mass is 10.1. The van der Waals surface area contributed by atoms with Gasteiger partial charge in [0.15, 0.2) is 0 Å². The minimum Gasteiger partial charge on any atom is -0.481 e. The van der Waals surface area contributed by atoms with Crippen molar-refractivity contribution in [1.29, 1.82) is 0 Å². The summed E-state index contributed by atoms with van der Waals surface area (Å²) in [5, 5.41) is 11.6. The summed E-state index contributed by atoms with van der Waals surface area (Å²) in [5.74, 6) is 4.91. The number of aliphatic carboxylic acids is 1. The fourth-order valence-electron chi connectivity index (χ4n) is 2.15. The van der Waals surface area contributed by atoms with Gasteiger partial charge < -0.3 is 10.4 Å².